The van der Waals surface area contributed by atoms with Gasteiger partial charge in [-0.2, -0.15) is 0 Å². The number of hydrogen-bond acceptors (Lipinski definition) is 8. The van der Waals surface area contributed by atoms with Crippen LogP contribution in [0.4, 0.5) is 0 Å². The maximum absolute atomic E-state index is 11.7. The molecule has 6 rings (SSSR count). The molecule has 4 saturated carbocycles. The zero-order valence-electron chi connectivity index (χ0n) is 25.5. The van der Waals surface area contributed by atoms with Gasteiger partial charge in [0.2, 0.25) is 0 Å². The zero-order chi connectivity index (χ0) is 29.3. The molecule has 0 aromatic heterocycles. The Morgan fingerprint density at radius 1 is 0.951 bits per heavy atom. The first-order valence-corrected chi connectivity index (χ1v) is 16.6. The number of fused-ring (bicyclic) bond motifs is 5. The largest absolute Gasteiger partial charge is 0.394 e. The molecule has 5 fully saturated rings. The van der Waals surface area contributed by atoms with Crippen molar-refractivity contribution in [3.63, 3.8) is 0 Å². The summed E-state index contributed by atoms with van der Waals surface area (Å²) in [4.78, 5) is 0. The van der Waals surface area contributed by atoms with E-state index in [1.54, 1.807) is 0 Å². The van der Waals surface area contributed by atoms with Crippen LogP contribution >= 0.6 is 0 Å². The van der Waals surface area contributed by atoms with Gasteiger partial charge in [0.25, 0.3) is 0 Å². The van der Waals surface area contributed by atoms with Gasteiger partial charge in [-0.3, -0.25) is 0 Å². The minimum absolute atomic E-state index is 0.0478. The Hall–Kier alpha value is -0.740. The Morgan fingerprint density at radius 2 is 1.68 bits per heavy atom. The molecule has 6 aliphatic rings. The highest BCUT2D eigenvalue weighted by Crippen LogP contribution is 2.68. The van der Waals surface area contributed by atoms with E-state index in [-0.39, 0.29) is 23.5 Å². The number of nitrogens with one attached hydrogen (secondary N) is 1. The molecule has 0 aromatic rings. The molecule has 6 N–H and O–H groups in total. The minimum Gasteiger partial charge on any atom is -0.394 e. The topological polar surface area (TPSA) is 132 Å². The molecular weight excluding hydrogens is 522 g/mol. The standard InChI is InChI=1S/C33H55NO7/c1-17-5-8-25(34-15-17)18(2)21-6-7-22-20-14-26(36)24-13-19(9-11-33(24,4)23(20)10-12-32(21,22)3)40-31-30(39)29(38)28(37)27(16-35)41-31/h8,17-24,26-31,34-39H,5-7,9-16H2,1-4H3/t17-,18-,19-,20-,21+,22+,23-,24+,26+,27+,28+,29-,30+,31+,32+,33+/m0/s1. The average molecular weight is 578 g/mol. The molecule has 41 heavy (non-hydrogen) atoms. The van der Waals surface area contributed by atoms with Gasteiger partial charge in [-0.25, -0.2) is 0 Å². The molecule has 2 aliphatic heterocycles. The van der Waals surface area contributed by atoms with Crippen LogP contribution in [-0.2, 0) is 9.47 Å². The molecule has 2 heterocycles. The third-order valence-electron chi connectivity index (χ3n) is 13.4. The van der Waals surface area contributed by atoms with Crippen molar-refractivity contribution < 1.29 is 35.0 Å². The number of rotatable bonds is 5. The summed E-state index contributed by atoms with van der Waals surface area (Å²) in [5, 5.41) is 55.9. The van der Waals surface area contributed by atoms with Gasteiger partial charge in [-0.1, -0.05) is 33.8 Å². The second kappa shape index (κ2) is 11.3. The SMILES string of the molecule is C[C@H]1CC=C([C@@H](C)[C@H]2CC[C@@H]3[C@@H]4C[C@@H](O)[C@H]5C[C@@H](O[C@@H]6O[C@H](CO)[C@@H](O)[C@H](O)[C@H]6O)CC[C@]5(C)[C@H]4CC[C@@]32C)NC1. The molecule has 0 aromatic carbocycles. The summed E-state index contributed by atoms with van der Waals surface area (Å²) in [5.41, 5.74) is 1.83. The molecule has 0 bridgehead atoms. The fourth-order valence-corrected chi connectivity index (χ4v) is 11.0. The Labute approximate surface area is 245 Å². The van der Waals surface area contributed by atoms with Crippen molar-refractivity contribution in [3.8, 4) is 0 Å². The van der Waals surface area contributed by atoms with Gasteiger partial charge in [0.15, 0.2) is 6.29 Å². The lowest BCUT2D eigenvalue weighted by Crippen LogP contribution is -2.61. The van der Waals surface area contributed by atoms with Crippen LogP contribution in [0.5, 0.6) is 0 Å². The number of allylic oxidation sites excluding steroid dienone is 2. The van der Waals surface area contributed by atoms with Crippen molar-refractivity contribution in [2.75, 3.05) is 13.2 Å². The predicted octanol–water partition coefficient (Wildman–Crippen LogP) is 2.95. The molecule has 1 saturated heterocycles. The normalized spacial score (nSPS) is 54.3. The monoisotopic (exact) mass is 577 g/mol. The summed E-state index contributed by atoms with van der Waals surface area (Å²) in [7, 11) is 0. The Balaban J connectivity index is 1.14. The van der Waals surface area contributed by atoms with Gasteiger partial charge in [-0.15, -0.1) is 0 Å². The minimum atomic E-state index is -1.44. The molecule has 0 unspecified atom stereocenters. The van der Waals surface area contributed by atoms with Crippen molar-refractivity contribution >= 4 is 0 Å². The maximum Gasteiger partial charge on any atom is 0.186 e. The fourth-order valence-electron chi connectivity index (χ4n) is 11.0. The summed E-state index contributed by atoms with van der Waals surface area (Å²) in [6, 6.07) is 0. The highest BCUT2D eigenvalue weighted by atomic mass is 16.7. The lowest BCUT2D eigenvalue weighted by molar-refractivity contribution is -0.317. The Morgan fingerprint density at radius 3 is 2.39 bits per heavy atom. The second-order valence-corrected chi connectivity index (χ2v) is 15.4. The summed E-state index contributed by atoms with van der Waals surface area (Å²) >= 11 is 0. The number of aliphatic hydroxyl groups excluding tert-OH is 5. The van der Waals surface area contributed by atoms with E-state index < -0.39 is 37.3 Å². The molecule has 16 atom stereocenters. The van der Waals surface area contributed by atoms with Crippen molar-refractivity contribution in [3.05, 3.63) is 11.8 Å². The molecule has 0 radical (unpaired) electrons. The maximum atomic E-state index is 11.7. The first-order chi connectivity index (χ1) is 19.5. The van der Waals surface area contributed by atoms with Crippen molar-refractivity contribution in [2.24, 2.45) is 52.3 Å². The van der Waals surface area contributed by atoms with E-state index in [9.17, 15) is 25.5 Å². The van der Waals surface area contributed by atoms with Crippen molar-refractivity contribution in [1.82, 2.24) is 5.32 Å². The summed E-state index contributed by atoms with van der Waals surface area (Å²) in [6.45, 7) is 10.4. The van der Waals surface area contributed by atoms with Gasteiger partial charge in [0.1, 0.15) is 24.4 Å². The van der Waals surface area contributed by atoms with Gasteiger partial charge in [-0.05, 0) is 110 Å². The molecule has 4 aliphatic carbocycles. The van der Waals surface area contributed by atoms with Gasteiger partial charge >= 0.3 is 0 Å². The highest BCUT2D eigenvalue weighted by Gasteiger charge is 2.63. The van der Waals surface area contributed by atoms with Crippen LogP contribution < -0.4 is 5.32 Å². The molecule has 8 heteroatoms. The van der Waals surface area contributed by atoms with Crippen LogP contribution in [0.3, 0.4) is 0 Å². The summed E-state index contributed by atoms with van der Waals surface area (Å²) in [5.74, 6) is 3.89. The van der Waals surface area contributed by atoms with E-state index in [1.807, 2.05) is 0 Å². The Bertz CT molecular complexity index is 975. The summed E-state index contributed by atoms with van der Waals surface area (Å²) < 4.78 is 11.8. The number of ether oxygens (including phenoxy) is 2. The Kier molecular flexibility index (Phi) is 8.36. The van der Waals surface area contributed by atoms with E-state index in [1.165, 1.54) is 37.8 Å². The molecule has 0 amide bonds. The van der Waals surface area contributed by atoms with Crippen LogP contribution in [0.25, 0.3) is 0 Å². The first-order valence-electron chi connectivity index (χ1n) is 16.6. The number of aliphatic hydroxyl groups is 5. The quantitative estimate of drug-likeness (QED) is 0.275. The van der Waals surface area contributed by atoms with Gasteiger partial charge in [0, 0.05) is 12.2 Å². The van der Waals surface area contributed by atoms with Crippen LogP contribution in [0.1, 0.15) is 85.5 Å². The zero-order valence-corrected chi connectivity index (χ0v) is 25.5. The van der Waals surface area contributed by atoms with E-state index in [0.29, 0.717) is 47.3 Å². The van der Waals surface area contributed by atoms with Crippen LogP contribution in [0.2, 0.25) is 0 Å². The first kappa shape index (κ1) is 30.3. The van der Waals surface area contributed by atoms with E-state index in [0.717, 1.165) is 25.8 Å². The third-order valence-corrected chi connectivity index (χ3v) is 13.4. The van der Waals surface area contributed by atoms with Crippen molar-refractivity contribution in [1.29, 1.82) is 0 Å². The second-order valence-electron chi connectivity index (χ2n) is 15.4. The summed E-state index contributed by atoms with van der Waals surface area (Å²) in [6.07, 6.45) is 5.07. The third kappa shape index (κ3) is 5.01. The fraction of sp³-hybridized carbons (Fsp3) is 0.939. The predicted molar refractivity (Wildman–Crippen MR) is 154 cm³/mol. The lowest BCUT2D eigenvalue weighted by atomic mass is 9.43. The van der Waals surface area contributed by atoms with E-state index in [2.05, 4.69) is 39.1 Å². The number of hydrogen-bond donors (Lipinski definition) is 6. The average Bonchev–Trinajstić information content (AvgIpc) is 3.31. The van der Waals surface area contributed by atoms with Gasteiger partial charge < -0.3 is 40.3 Å². The lowest BCUT2D eigenvalue weighted by Gasteiger charge is -2.62. The van der Waals surface area contributed by atoms with Crippen LogP contribution in [-0.4, -0.2) is 81.6 Å². The molecule has 0 spiro atoms. The van der Waals surface area contributed by atoms with Crippen LogP contribution in [0, 0.1) is 52.3 Å². The van der Waals surface area contributed by atoms with Crippen molar-refractivity contribution in [2.45, 2.75) is 128 Å². The highest BCUT2D eigenvalue weighted by molar-refractivity contribution is 5.16. The van der Waals surface area contributed by atoms with Crippen LogP contribution in [0.15, 0.2) is 11.8 Å². The molecule has 8 nitrogen and oxygen atoms in total. The molecule has 234 valence electrons. The van der Waals surface area contributed by atoms with E-state index in [4.69, 9.17) is 9.47 Å². The smallest absolute Gasteiger partial charge is 0.186 e. The molecular formula is C33H55NO7. The van der Waals surface area contributed by atoms with Gasteiger partial charge in [0.05, 0.1) is 18.8 Å². The van der Waals surface area contributed by atoms with E-state index >= 15 is 0 Å².